The number of carbonyl (C=O) groups excluding carboxylic acids is 1. The van der Waals surface area contributed by atoms with Gasteiger partial charge in [-0.1, -0.05) is 309 Å². The molecule has 0 rings (SSSR count). The molecule has 3 N–H and O–H groups in total. The van der Waals surface area contributed by atoms with E-state index >= 15 is 0 Å². The average Bonchev–Trinajstić information content (AvgIpc) is 3.43. The maximum atomic E-state index is 13.1. The number of carbonyl (C=O) groups is 1. The molecule has 0 aliphatic carbocycles. The van der Waals surface area contributed by atoms with E-state index in [9.17, 15) is 19.4 Å². The normalized spacial score (nSPS) is 14.4. The van der Waals surface area contributed by atoms with Crippen LogP contribution in [0.15, 0.2) is 109 Å². The van der Waals surface area contributed by atoms with Crippen LogP contribution in [0.1, 0.15) is 290 Å². The molecule has 0 aromatic rings. The third-order valence-corrected chi connectivity index (χ3v) is 15.8. The Morgan fingerprint density at radius 1 is 0.432 bits per heavy atom. The predicted octanol–water partition coefficient (Wildman–Crippen LogP) is 21.5. The van der Waals surface area contributed by atoms with Gasteiger partial charge in [0.05, 0.1) is 39.9 Å². The number of nitrogens with one attached hydrogen (secondary N) is 1. The number of aliphatic hydroxyl groups excluding tert-OH is 1. The first-order chi connectivity index (χ1) is 39.5. The van der Waals surface area contributed by atoms with Gasteiger partial charge in [0.25, 0.3) is 0 Å². The zero-order valence-electron chi connectivity index (χ0n) is 53.5. The van der Waals surface area contributed by atoms with Crippen LogP contribution < -0.4 is 5.32 Å². The molecule has 9 heteroatoms. The molecular formula is C72H130N2O6P+. The molecule has 0 aliphatic heterocycles. The first kappa shape index (κ1) is 78.2. The SMILES string of the molecule is CC/C=C\C/C=C\C/C=C\C/C=C\C/C=C\C/C=C\C/C=C\C/C=C\C/C=C\CCCCCCCCCC(=O)NC(COP(=O)(O)OCC[N+](C)(C)C)C(O)CCCCCCCCCCCCCCCCCCCCCCCCCC. The quantitative estimate of drug-likeness (QED) is 0.0243. The van der Waals surface area contributed by atoms with E-state index in [0.717, 1.165) is 109 Å². The van der Waals surface area contributed by atoms with E-state index in [-0.39, 0.29) is 19.1 Å². The first-order valence-electron chi connectivity index (χ1n) is 33.8. The minimum atomic E-state index is -4.34. The maximum absolute atomic E-state index is 13.1. The summed E-state index contributed by atoms with van der Waals surface area (Å²) in [4.78, 5) is 23.4. The Kier molecular flexibility index (Phi) is 59.5. The number of rotatable bonds is 61. The molecule has 0 heterocycles. The molecule has 0 spiro atoms. The van der Waals surface area contributed by atoms with Crippen molar-refractivity contribution in [1.82, 2.24) is 5.32 Å². The van der Waals surface area contributed by atoms with Crippen LogP contribution in [0, 0.1) is 0 Å². The topological polar surface area (TPSA) is 105 Å². The number of phosphoric ester groups is 1. The van der Waals surface area contributed by atoms with E-state index in [4.69, 9.17) is 9.05 Å². The van der Waals surface area contributed by atoms with E-state index in [0.29, 0.717) is 23.9 Å². The lowest BCUT2D eigenvalue weighted by molar-refractivity contribution is -0.870. The van der Waals surface area contributed by atoms with Gasteiger partial charge in [-0.15, -0.1) is 0 Å². The van der Waals surface area contributed by atoms with Crippen molar-refractivity contribution < 1.29 is 32.9 Å². The number of amides is 1. The highest BCUT2D eigenvalue weighted by Crippen LogP contribution is 2.43. The summed E-state index contributed by atoms with van der Waals surface area (Å²) in [6.07, 6.45) is 90.3. The molecule has 81 heavy (non-hydrogen) atoms. The molecule has 468 valence electrons. The van der Waals surface area contributed by atoms with Gasteiger partial charge in [-0.3, -0.25) is 13.8 Å². The number of nitrogens with zero attached hydrogens (tertiary/aromatic N) is 1. The van der Waals surface area contributed by atoms with Crippen LogP contribution in [-0.2, 0) is 18.4 Å². The fourth-order valence-corrected chi connectivity index (χ4v) is 10.3. The van der Waals surface area contributed by atoms with Gasteiger partial charge in [0.1, 0.15) is 13.2 Å². The Balaban J connectivity index is 4.15. The van der Waals surface area contributed by atoms with E-state index in [1.54, 1.807) is 0 Å². The van der Waals surface area contributed by atoms with Gasteiger partial charge in [-0.25, -0.2) is 4.57 Å². The van der Waals surface area contributed by atoms with Gasteiger partial charge in [0.2, 0.25) is 5.91 Å². The number of likely N-dealkylation sites (N-methyl/N-ethyl adjacent to an activating group) is 1. The minimum Gasteiger partial charge on any atom is -0.391 e. The summed E-state index contributed by atoms with van der Waals surface area (Å²) in [5.41, 5.74) is 0. The van der Waals surface area contributed by atoms with Crippen molar-refractivity contribution in [3.8, 4) is 0 Å². The van der Waals surface area contributed by atoms with Crippen LogP contribution in [-0.4, -0.2) is 73.4 Å². The first-order valence-corrected chi connectivity index (χ1v) is 35.2. The Morgan fingerprint density at radius 2 is 0.741 bits per heavy atom. The fourth-order valence-electron chi connectivity index (χ4n) is 9.57. The molecule has 0 radical (unpaired) electrons. The highest BCUT2D eigenvalue weighted by molar-refractivity contribution is 7.47. The molecule has 0 aromatic heterocycles. The standard InChI is InChI=1S/C72H129N2O6P/c1-6-8-10-12-14-16-18-20-22-24-26-28-30-32-33-34-35-36-37-38-39-40-41-42-44-46-48-50-52-54-56-58-60-62-64-66-72(76)73-70(69-80-81(77,78)79-68-67-74(3,4)5)71(75)65-63-61-59-57-55-53-51-49-47-45-43-31-29-27-25-23-21-19-17-15-13-11-9-7-2/h8,10,14,16,20,22,26,28,32-33,35-36,38-39,41-42,46,48,70-71,75H,6-7,9,11-13,15,17-19,21,23-25,27,29-31,34,37,40,43-45,47,49-69H2,1-5H3,(H-,73,76,77,78)/p+1/b10-8-,16-14-,22-20-,28-26-,33-32-,36-35-,39-38-,42-41-,48-46-. The summed E-state index contributed by atoms with van der Waals surface area (Å²) in [6.45, 7) is 4.79. The molecule has 3 unspecified atom stereocenters. The Labute approximate surface area is 501 Å². The summed E-state index contributed by atoms with van der Waals surface area (Å²) in [6, 6.07) is -0.776. The van der Waals surface area contributed by atoms with E-state index in [1.165, 1.54) is 154 Å². The number of unbranched alkanes of at least 4 members (excludes halogenated alkanes) is 30. The largest absolute Gasteiger partial charge is 0.472 e. The van der Waals surface area contributed by atoms with Gasteiger partial charge in [0.15, 0.2) is 0 Å². The third kappa shape index (κ3) is 64.6. The molecule has 0 aliphatic rings. The van der Waals surface area contributed by atoms with Crippen molar-refractivity contribution in [3.05, 3.63) is 109 Å². The molecule has 0 fully saturated rings. The second-order valence-electron chi connectivity index (χ2n) is 23.8. The van der Waals surface area contributed by atoms with Crippen LogP contribution in [0.3, 0.4) is 0 Å². The second-order valence-corrected chi connectivity index (χ2v) is 25.3. The van der Waals surface area contributed by atoms with Crippen LogP contribution in [0.2, 0.25) is 0 Å². The lowest BCUT2D eigenvalue weighted by atomic mass is 10.0. The molecule has 0 saturated carbocycles. The van der Waals surface area contributed by atoms with Crippen molar-refractivity contribution in [1.29, 1.82) is 0 Å². The summed E-state index contributed by atoms with van der Waals surface area (Å²) in [5, 5.41) is 14.1. The second kappa shape index (κ2) is 61.7. The number of hydrogen-bond donors (Lipinski definition) is 3. The summed E-state index contributed by atoms with van der Waals surface area (Å²) >= 11 is 0. The number of phosphoric acid groups is 1. The van der Waals surface area contributed by atoms with Gasteiger partial charge in [0, 0.05) is 6.42 Å². The summed E-state index contributed by atoms with van der Waals surface area (Å²) < 4.78 is 23.9. The van der Waals surface area contributed by atoms with Crippen molar-refractivity contribution in [2.75, 3.05) is 40.9 Å². The van der Waals surface area contributed by atoms with E-state index < -0.39 is 20.0 Å². The van der Waals surface area contributed by atoms with Crippen molar-refractivity contribution in [3.63, 3.8) is 0 Å². The molecule has 0 bridgehead atoms. The van der Waals surface area contributed by atoms with Crippen LogP contribution in [0.25, 0.3) is 0 Å². The molecule has 8 nitrogen and oxygen atoms in total. The molecule has 1 amide bonds. The Hall–Kier alpha value is -2.84. The lowest BCUT2D eigenvalue weighted by Crippen LogP contribution is -2.46. The zero-order chi connectivity index (χ0) is 59.1. The maximum Gasteiger partial charge on any atom is 0.472 e. The molecule has 0 aromatic carbocycles. The monoisotopic (exact) mass is 1150 g/mol. The van der Waals surface area contributed by atoms with Crippen molar-refractivity contribution in [2.24, 2.45) is 0 Å². The molecule has 3 atom stereocenters. The van der Waals surface area contributed by atoms with Crippen LogP contribution in [0.5, 0.6) is 0 Å². The molecular weight excluding hydrogens is 1020 g/mol. The number of aliphatic hydroxyl groups is 1. The van der Waals surface area contributed by atoms with E-state index in [2.05, 4.69) is 129 Å². The van der Waals surface area contributed by atoms with Crippen LogP contribution in [0.4, 0.5) is 0 Å². The van der Waals surface area contributed by atoms with Gasteiger partial charge >= 0.3 is 7.82 Å². The number of allylic oxidation sites excluding steroid dienone is 18. The van der Waals surface area contributed by atoms with E-state index in [1.807, 2.05) is 21.1 Å². The zero-order valence-corrected chi connectivity index (χ0v) is 54.4. The smallest absolute Gasteiger partial charge is 0.391 e. The van der Waals surface area contributed by atoms with Gasteiger partial charge < -0.3 is 19.8 Å². The van der Waals surface area contributed by atoms with Crippen molar-refractivity contribution >= 4 is 13.7 Å². The Morgan fingerprint density at radius 3 is 1.09 bits per heavy atom. The van der Waals surface area contributed by atoms with Crippen LogP contribution >= 0.6 is 7.82 Å². The average molecular weight is 1150 g/mol. The predicted molar refractivity (Wildman–Crippen MR) is 355 cm³/mol. The summed E-state index contributed by atoms with van der Waals surface area (Å²) in [7, 11) is 1.60. The summed E-state index contributed by atoms with van der Waals surface area (Å²) in [5.74, 6) is -0.157. The fraction of sp³-hybridized carbons (Fsp3) is 0.736. The van der Waals surface area contributed by atoms with Crippen molar-refractivity contribution in [2.45, 2.75) is 302 Å². The highest BCUT2D eigenvalue weighted by Gasteiger charge is 2.28. The van der Waals surface area contributed by atoms with Gasteiger partial charge in [-0.2, -0.15) is 0 Å². The minimum absolute atomic E-state index is 0.0675. The highest BCUT2D eigenvalue weighted by atomic mass is 31.2. The Bertz CT molecular complexity index is 1690. The lowest BCUT2D eigenvalue weighted by Gasteiger charge is -2.26. The van der Waals surface area contributed by atoms with Gasteiger partial charge in [-0.05, 0) is 83.5 Å². The number of hydrogen-bond acceptors (Lipinski definition) is 5. The third-order valence-electron chi connectivity index (χ3n) is 14.8. The number of quaternary nitrogens is 1. The molecule has 0 saturated heterocycles.